The van der Waals surface area contributed by atoms with Crippen LogP contribution in [0.4, 0.5) is 0 Å². The van der Waals surface area contributed by atoms with Crippen LogP contribution in [0.25, 0.3) is 0 Å². The molecule has 0 aromatic carbocycles. The number of methoxy groups -OCH3 is 1. The number of pyridine rings is 1. The minimum Gasteiger partial charge on any atom is -0.467 e. The summed E-state index contributed by atoms with van der Waals surface area (Å²) < 4.78 is 9.86. The van der Waals surface area contributed by atoms with Gasteiger partial charge in [-0.15, -0.1) is 0 Å². The van der Waals surface area contributed by atoms with Gasteiger partial charge < -0.3 is 14.4 Å². The molecule has 1 amide bonds. The van der Waals surface area contributed by atoms with Crippen LogP contribution in [0.5, 0.6) is 0 Å². The quantitative estimate of drug-likeness (QED) is 0.609. The van der Waals surface area contributed by atoms with Gasteiger partial charge in [-0.05, 0) is 12.1 Å². The molecule has 0 aliphatic carbocycles. The van der Waals surface area contributed by atoms with Crippen LogP contribution in [0.1, 0.15) is 10.4 Å². The van der Waals surface area contributed by atoms with Gasteiger partial charge in [-0.25, -0.2) is 9.78 Å². The molecule has 1 fully saturated rings. The van der Waals surface area contributed by atoms with Gasteiger partial charge in [0.25, 0.3) is 5.91 Å². The zero-order chi connectivity index (χ0) is 14.7. The maximum Gasteiger partial charge on any atom is 0.336 e. The Bertz CT molecular complexity index is 538. The SMILES string of the molecule is COC(=O)C1CN(C(=O)c2ccc(Cl)nc2Cl)CCO1. The maximum atomic E-state index is 12.3. The third kappa shape index (κ3) is 3.20. The molecule has 108 valence electrons. The Morgan fingerprint density at radius 1 is 1.45 bits per heavy atom. The van der Waals surface area contributed by atoms with Gasteiger partial charge in [0.15, 0.2) is 6.10 Å². The number of carbonyl (C=O) groups is 2. The summed E-state index contributed by atoms with van der Waals surface area (Å²) in [6, 6.07) is 2.99. The average molecular weight is 319 g/mol. The van der Waals surface area contributed by atoms with E-state index in [0.717, 1.165) is 0 Å². The van der Waals surface area contributed by atoms with Gasteiger partial charge in [0.2, 0.25) is 0 Å². The highest BCUT2D eigenvalue weighted by Gasteiger charge is 2.31. The number of aromatic nitrogens is 1. The number of carbonyl (C=O) groups excluding carboxylic acids is 2. The number of ether oxygens (including phenoxy) is 2. The number of hydrogen-bond donors (Lipinski definition) is 0. The molecule has 0 bridgehead atoms. The lowest BCUT2D eigenvalue weighted by Gasteiger charge is -2.31. The van der Waals surface area contributed by atoms with E-state index in [0.29, 0.717) is 6.54 Å². The van der Waals surface area contributed by atoms with Crippen molar-refractivity contribution in [2.24, 2.45) is 0 Å². The van der Waals surface area contributed by atoms with E-state index in [1.807, 2.05) is 0 Å². The van der Waals surface area contributed by atoms with Gasteiger partial charge >= 0.3 is 5.97 Å². The molecule has 1 aromatic heterocycles. The summed E-state index contributed by atoms with van der Waals surface area (Å²) in [5.74, 6) is -0.834. The van der Waals surface area contributed by atoms with Gasteiger partial charge in [0.1, 0.15) is 10.3 Å². The van der Waals surface area contributed by atoms with E-state index >= 15 is 0 Å². The predicted molar refractivity (Wildman–Crippen MR) is 71.9 cm³/mol. The smallest absolute Gasteiger partial charge is 0.336 e. The minimum atomic E-state index is -0.781. The molecule has 2 rings (SSSR count). The fraction of sp³-hybridized carbons (Fsp3) is 0.417. The molecule has 0 radical (unpaired) electrons. The topological polar surface area (TPSA) is 68.7 Å². The van der Waals surface area contributed by atoms with E-state index in [4.69, 9.17) is 27.9 Å². The first-order chi connectivity index (χ1) is 9.52. The standard InChI is InChI=1S/C12H12Cl2N2O4/c1-19-12(18)8-6-16(4-5-20-8)11(17)7-2-3-9(13)15-10(7)14/h2-3,8H,4-6H2,1H3. The monoisotopic (exact) mass is 318 g/mol. The van der Waals surface area contributed by atoms with Crippen molar-refractivity contribution in [3.05, 3.63) is 28.0 Å². The largest absolute Gasteiger partial charge is 0.467 e. The number of morpholine rings is 1. The highest BCUT2D eigenvalue weighted by atomic mass is 35.5. The predicted octanol–water partition coefficient (Wildman–Crippen LogP) is 1.40. The molecule has 1 aliphatic heterocycles. The van der Waals surface area contributed by atoms with E-state index in [1.54, 1.807) is 0 Å². The van der Waals surface area contributed by atoms with Crippen molar-refractivity contribution in [2.45, 2.75) is 6.10 Å². The Morgan fingerprint density at radius 3 is 2.85 bits per heavy atom. The van der Waals surface area contributed by atoms with E-state index in [9.17, 15) is 9.59 Å². The number of nitrogens with zero attached hydrogens (tertiary/aromatic N) is 2. The highest BCUT2D eigenvalue weighted by Crippen LogP contribution is 2.19. The van der Waals surface area contributed by atoms with Gasteiger partial charge in [-0.2, -0.15) is 0 Å². The van der Waals surface area contributed by atoms with E-state index < -0.39 is 12.1 Å². The molecule has 1 aromatic rings. The molecule has 8 heteroatoms. The number of halogens is 2. The van der Waals surface area contributed by atoms with Crippen LogP contribution in [0, 0.1) is 0 Å². The summed E-state index contributed by atoms with van der Waals surface area (Å²) >= 11 is 11.6. The van der Waals surface area contributed by atoms with Crippen molar-refractivity contribution in [3.8, 4) is 0 Å². The molecule has 0 N–H and O–H groups in total. The average Bonchev–Trinajstić information content (AvgIpc) is 2.46. The van der Waals surface area contributed by atoms with Gasteiger partial charge in [-0.3, -0.25) is 4.79 Å². The summed E-state index contributed by atoms with van der Waals surface area (Å²) in [5.41, 5.74) is 0.238. The van der Waals surface area contributed by atoms with Crippen LogP contribution in [-0.4, -0.2) is 54.7 Å². The molecule has 1 unspecified atom stereocenters. The summed E-state index contributed by atoms with van der Waals surface area (Å²) in [5, 5.41) is 0.240. The fourth-order valence-electron chi connectivity index (χ4n) is 1.85. The number of rotatable bonds is 2. The van der Waals surface area contributed by atoms with E-state index in [1.165, 1.54) is 24.1 Å². The van der Waals surface area contributed by atoms with E-state index in [2.05, 4.69) is 9.72 Å². The Balaban J connectivity index is 2.14. The summed E-state index contributed by atoms with van der Waals surface area (Å²) in [6.07, 6.45) is -0.781. The molecule has 1 aliphatic rings. The highest BCUT2D eigenvalue weighted by molar-refractivity contribution is 6.34. The normalized spacial score (nSPS) is 18.8. The first-order valence-electron chi connectivity index (χ1n) is 5.83. The number of amides is 1. The lowest BCUT2D eigenvalue weighted by Crippen LogP contribution is -2.49. The second-order valence-corrected chi connectivity index (χ2v) is 4.85. The lowest BCUT2D eigenvalue weighted by molar-refractivity contribution is -0.158. The van der Waals surface area contributed by atoms with Crippen LogP contribution in [0.15, 0.2) is 12.1 Å². The lowest BCUT2D eigenvalue weighted by atomic mass is 10.2. The van der Waals surface area contributed by atoms with Crippen molar-refractivity contribution in [1.82, 2.24) is 9.88 Å². The number of hydrogen-bond acceptors (Lipinski definition) is 5. The molecular weight excluding hydrogens is 307 g/mol. The maximum absolute atomic E-state index is 12.3. The number of esters is 1. The molecule has 1 atom stereocenters. The Labute approximate surface area is 125 Å². The van der Waals surface area contributed by atoms with Gasteiger partial charge in [-0.1, -0.05) is 23.2 Å². The van der Waals surface area contributed by atoms with Crippen molar-refractivity contribution >= 4 is 35.1 Å². The summed E-state index contributed by atoms with van der Waals surface area (Å²) in [4.78, 5) is 29.1. The zero-order valence-electron chi connectivity index (χ0n) is 10.6. The fourth-order valence-corrected chi connectivity index (χ4v) is 2.28. The van der Waals surface area contributed by atoms with Crippen LogP contribution in [0.3, 0.4) is 0 Å². The van der Waals surface area contributed by atoms with E-state index in [-0.39, 0.29) is 34.9 Å². The van der Waals surface area contributed by atoms with Crippen molar-refractivity contribution < 1.29 is 19.1 Å². The first kappa shape index (κ1) is 15.0. The second kappa shape index (κ2) is 6.39. The zero-order valence-corrected chi connectivity index (χ0v) is 12.1. The van der Waals surface area contributed by atoms with Crippen LogP contribution in [-0.2, 0) is 14.3 Å². The Hall–Kier alpha value is -1.37. The van der Waals surface area contributed by atoms with Crippen LogP contribution in [0.2, 0.25) is 10.3 Å². The van der Waals surface area contributed by atoms with Crippen molar-refractivity contribution in [2.75, 3.05) is 26.8 Å². The molecule has 6 nitrogen and oxygen atoms in total. The molecular formula is C12H12Cl2N2O4. The second-order valence-electron chi connectivity index (χ2n) is 4.11. The third-order valence-corrected chi connectivity index (χ3v) is 3.36. The van der Waals surface area contributed by atoms with Crippen molar-refractivity contribution in [1.29, 1.82) is 0 Å². The minimum absolute atomic E-state index is 0.0311. The third-order valence-electron chi connectivity index (χ3n) is 2.86. The Morgan fingerprint density at radius 2 is 2.20 bits per heavy atom. The Kier molecular flexibility index (Phi) is 4.80. The molecule has 20 heavy (non-hydrogen) atoms. The molecule has 0 spiro atoms. The van der Waals surface area contributed by atoms with Crippen LogP contribution < -0.4 is 0 Å². The van der Waals surface area contributed by atoms with Crippen LogP contribution >= 0.6 is 23.2 Å². The summed E-state index contributed by atoms with van der Waals surface area (Å²) in [6.45, 7) is 0.736. The molecule has 0 saturated carbocycles. The van der Waals surface area contributed by atoms with Gasteiger partial charge in [0.05, 0.1) is 25.8 Å². The van der Waals surface area contributed by atoms with Crippen molar-refractivity contribution in [3.63, 3.8) is 0 Å². The summed E-state index contributed by atoms with van der Waals surface area (Å²) in [7, 11) is 1.27. The molecule has 1 saturated heterocycles. The molecule has 2 heterocycles. The van der Waals surface area contributed by atoms with Gasteiger partial charge in [0, 0.05) is 6.54 Å². The first-order valence-corrected chi connectivity index (χ1v) is 6.59.